The number of hydrogen-bond donors (Lipinski definition) is 0. The van der Waals surface area contributed by atoms with Crippen LogP contribution in [-0.2, 0) is 9.53 Å². The summed E-state index contributed by atoms with van der Waals surface area (Å²) in [6.45, 7) is 3.86. The normalized spacial score (nSPS) is 11.0. The molecule has 0 bridgehead atoms. The van der Waals surface area contributed by atoms with Gasteiger partial charge in [-0.2, -0.15) is 5.26 Å². The molecular weight excluding hydrogens is 330 g/mol. The summed E-state index contributed by atoms with van der Waals surface area (Å²) in [7, 11) is 4.57. The maximum absolute atomic E-state index is 12.1. The lowest BCUT2D eigenvalue weighted by atomic mass is 10.1. The maximum Gasteiger partial charge on any atom is 0.337 e. The fourth-order valence-electron chi connectivity index (χ4n) is 2.73. The van der Waals surface area contributed by atoms with E-state index in [1.165, 1.54) is 12.0 Å². The number of esters is 1. The van der Waals surface area contributed by atoms with Crippen LogP contribution in [0, 0.1) is 25.2 Å². The number of benzene rings is 1. The second-order valence-corrected chi connectivity index (χ2v) is 6.07. The van der Waals surface area contributed by atoms with Crippen molar-refractivity contribution in [2.75, 3.05) is 21.2 Å². The first-order chi connectivity index (χ1) is 12.3. The standard InChI is InChI=1S/C20H21N3O3/c1-13-10-16(11-17(12-21)19(24)22(3)4)14(2)23(13)18-8-6-15(7-9-18)20(25)26-5/h6-11H,1-5H3/b17-11+. The molecule has 1 aromatic heterocycles. The third-order valence-electron chi connectivity index (χ3n) is 4.07. The molecule has 1 amide bonds. The van der Waals surface area contributed by atoms with Crippen LogP contribution in [0.1, 0.15) is 27.3 Å². The molecule has 6 heteroatoms. The second kappa shape index (κ2) is 7.70. The summed E-state index contributed by atoms with van der Waals surface area (Å²) in [6, 6.07) is 10.9. The van der Waals surface area contributed by atoms with E-state index in [-0.39, 0.29) is 17.4 Å². The van der Waals surface area contributed by atoms with Gasteiger partial charge in [-0.05, 0) is 55.8 Å². The zero-order valence-corrected chi connectivity index (χ0v) is 15.5. The van der Waals surface area contributed by atoms with Crippen LogP contribution < -0.4 is 0 Å². The van der Waals surface area contributed by atoms with E-state index in [0.717, 1.165) is 22.6 Å². The van der Waals surface area contributed by atoms with E-state index in [4.69, 9.17) is 4.74 Å². The van der Waals surface area contributed by atoms with Crippen molar-refractivity contribution in [3.63, 3.8) is 0 Å². The van der Waals surface area contributed by atoms with Crippen molar-refractivity contribution < 1.29 is 14.3 Å². The van der Waals surface area contributed by atoms with Crippen molar-refractivity contribution in [3.8, 4) is 11.8 Å². The number of rotatable bonds is 4. The van der Waals surface area contributed by atoms with Gasteiger partial charge in [0.1, 0.15) is 11.6 Å². The maximum atomic E-state index is 12.1. The molecule has 0 radical (unpaired) electrons. The van der Waals surface area contributed by atoms with Gasteiger partial charge in [0.2, 0.25) is 0 Å². The largest absolute Gasteiger partial charge is 0.465 e. The smallest absolute Gasteiger partial charge is 0.337 e. The van der Waals surface area contributed by atoms with Crippen molar-refractivity contribution in [1.29, 1.82) is 5.26 Å². The summed E-state index contributed by atoms with van der Waals surface area (Å²) in [5.74, 6) is -0.721. The van der Waals surface area contributed by atoms with Crippen molar-refractivity contribution in [1.82, 2.24) is 9.47 Å². The van der Waals surface area contributed by atoms with Gasteiger partial charge >= 0.3 is 5.97 Å². The fraction of sp³-hybridized carbons (Fsp3) is 0.250. The topological polar surface area (TPSA) is 75.3 Å². The molecule has 2 aromatic rings. The lowest BCUT2D eigenvalue weighted by Gasteiger charge is -2.11. The van der Waals surface area contributed by atoms with Gasteiger partial charge in [0.25, 0.3) is 5.91 Å². The summed E-state index contributed by atoms with van der Waals surface area (Å²) >= 11 is 0. The molecule has 0 aliphatic carbocycles. The molecule has 0 aliphatic rings. The summed E-state index contributed by atoms with van der Waals surface area (Å²) < 4.78 is 6.71. The highest BCUT2D eigenvalue weighted by Crippen LogP contribution is 2.23. The highest BCUT2D eigenvalue weighted by atomic mass is 16.5. The molecule has 0 atom stereocenters. The molecule has 0 N–H and O–H groups in total. The summed E-state index contributed by atoms with van der Waals surface area (Å²) in [5.41, 5.74) is 4.08. The van der Waals surface area contributed by atoms with Gasteiger partial charge in [0.15, 0.2) is 0 Å². The van der Waals surface area contributed by atoms with Crippen LogP contribution in [0.25, 0.3) is 11.8 Å². The number of nitriles is 1. The van der Waals surface area contributed by atoms with Crippen molar-refractivity contribution in [2.45, 2.75) is 13.8 Å². The highest BCUT2D eigenvalue weighted by molar-refractivity contribution is 6.01. The Balaban J connectivity index is 2.47. The Morgan fingerprint density at radius 3 is 2.31 bits per heavy atom. The van der Waals surface area contributed by atoms with Gasteiger partial charge in [-0.15, -0.1) is 0 Å². The zero-order chi connectivity index (χ0) is 19.4. The van der Waals surface area contributed by atoms with Crippen molar-refractivity contribution in [2.24, 2.45) is 0 Å². The van der Waals surface area contributed by atoms with Crippen LogP contribution in [0.4, 0.5) is 0 Å². The van der Waals surface area contributed by atoms with Crippen LogP contribution in [0.5, 0.6) is 0 Å². The summed E-state index contributed by atoms with van der Waals surface area (Å²) in [5, 5.41) is 9.28. The summed E-state index contributed by atoms with van der Waals surface area (Å²) in [6.07, 6.45) is 1.60. The van der Waals surface area contributed by atoms with Crippen LogP contribution in [0.2, 0.25) is 0 Å². The number of amides is 1. The molecule has 1 heterocycles. The van der Waals surface area contributed by atoms with E-state index in [9.17, 15) is 14.9 Å². The molecule has 0 saturated carbocycles. The Morgan fingerprint density at radius 1 is 1.19 bits per heavy atom. The number of carbonyl (C=O) groups is 2. The average Bonchev–Trinajstić information content (AvgIpc) is 2.91. The Bertz CT molecular complexity index is 913. The van der Waals surface area contributed by atoms with Crippen LogP contribution >= 0.6 is 0 Å². The second-order valence-electron chi connectivity index (χ2n) is 6.07. The minimum Gasteiger partial charge on any atom is -0.465 e. The Labute approximate surface area is 152 Å². The Morgan fingerprint density at radius 2 is 1.81 bits per heavy atom. The minimum atomic E-state index is -0.387. The lowest BCUT2D eigenvalue weighted by Crippen LogP contribution is -2.22. The number of nitrogens with zero attached hydrogens (tertiary/aromatic N) is 3. The van der Waals surface area contributed by atoms with E-state index < -0.39 is 0 Å². The monoisotopic (exact) mass is 351 g/mol. The fourth-order valence-corrected chi connectivity index (χ4v) is 2.73. The molecule has 2 rings (SSSR count). The van der Waals surface area contributed by atoms with Gasteiger partial charge in [-0.25, -0.2) is 4.79 Å². The third-order valence-corrected chi connectivity index (χ3v) is 4.07. The Hall–Kier alpha value is -3.33. The first kappa shape index (κ1) is 19.0. The van der Waals surface area contributed by atoms with E-state index in [0.29, 0.717) is 5.56 Å². The predicted octanol–water partition coefficient (Wildman–Crippen LogP) is 2.88. The number of aromatic nitrogens is 1. The lowest BCUT2D eigenvalue weighted by molar-refractivity contribution is -0.124. The molecular formula is C20H21N3O3. The molecule has 6 nitrogen and oxygen atoms in total. The first-order valence-electron chi connectivity index (χ1n) is 8.01. The summed E-state index contributed by atoms with van der Waals surface area (Å²) in [4.78, 5) is 25.0. The van der Waals surface area contributed by atoms with Gasteiger partial charge in [-0.1, -0.05) is 0 Å². The SMILES string of the molecule is COC(=O)c1ccc(-n2c(C)cc(/C=C(\C#N)C(=O)N(C)C)c2C)cc1. The van der Waals surface area contributed by atoms with E-state index in [2.05, 4.69) is 0 Å². The third kappa shape index (κ3) is 3.67. The molecule has 0 spiro atoms. The van der Waals surface area contributed by atoms with E-state index in [1.54, 1.807) is 32.3 Å². The van der Waals surface area contributed by atoms with Crippen molar-refractivity contribution >= 4 is 18.0 Å². The highest BCUT2D eigenvalue weighted by Gasteiger charge is 2.15. The van der Waals surface area contributed by atoms with Gasteiger partial charge in [-0.3, -0.25) is 4.79 Å². The molecule has 0 aliphatic heterocycles. The predicted molar refractivity (Wildman–Crippen MR) is 98.9 cm³/mol. The average molecular weight is 351 g/mol. The number of aryl methyl sites for hydroxylation is 1. The van der Waals surface area contributed by atoms with Crippen LogP contribution in [0.15, 0.2) is 35.9 Å². The number of methoxy groups -OCH3 is 1. The van der Waals surface area contributed by atoms with Gasteiger partial charge in [0.05, 0.1) is 12.7 Å². The van der Waals surface area contributed by atoms with Crippen LogP contribution in [-0.4, -0.2) is 42.5 Å². The Kier molecular flexibility index (Phi) is 5.63. The number of carbonyl (C=O) groups excluding carboxylic acids is 2. The molecule has 0 saturated heterocycles. The van der Waals surface area contributed by atoms with E-state index in [1.807, 2.05) is 42.7 Å². The molecule has 26 heavy (non-hydrogen) atoms. The van der Waals surface area contributed by atoms with Gasteiger partial charge < -0.3 is 14.2 Å². The molecule has 134 valence electrons. The van der Waals surface area contributed by atoms with Crippen LogP contribution in [0.3, 0.4) is 0 Å². The van der Waals surface area contributed by atoms with E-state index >= 15 is 0 Å². The first-order valence-corrected chi connectivity index (χ1v) is 8.01. The number of likely N-dealkylation sites (N-methyl/N-ethyl adjacent to an activating group) is 1. The molecule has 0 unspecified atom stereocenters. The molecule has 1 aromatic carbocycles. The number of ether oxygens (including phenoxy) is 1. The number of hydrogen-bond acceptors (Lipinski definition) is 4. The quantitative estimate of drug-likeness (QED) is 0.482. The minimum absolute atomic E-state index is 0.0799. The van der Waals surface area contributed by atoms with Gasteiger partial charge in [0, 0.05) is 31.2 Å². The zero-order valence-electron chi connectivity index (χ0n) is 15.5. The van der Waals surface area contributed by atoms with Crippen molar-refractivity contribution in [3.05, 3.63) is 58.4 Å². The molecule has 0 fully saturated rings.